The maximum atomic E-state index is 11.3. The minimum Gasteiger partial charge on any atom is -0.463 e. The molecule has 0 saturated heterocycles. The summed E-state index contributed by atoms with van der Waals surface area (Å²) in [5, 5.41) is 26.2. The van der Waals surface area contributed by atoms with Crippen LogP contribution in [-0.2, 0) is 23.7 Å². The first-order chi connectivity index (χ1) is 32.1. The predicted molar refractivity (Wildman–Crippen MR) is 273 cm³/mol. The topological polar surface area (TPSA) is 277 Å². The van der Waals surface area contributed by atoms with Crippen molar-refractivity contribution < 1.29 is 52.1 Å². The Labute approximate surface area is 411 Å². The first kappa shape index (κ1) is 55.5. The number of anilines is 5. The van der Waals surface area contributed by atoms with E-state index in [0.29, 0.717) is 39.9 Å². The molecule has 0 fully saturated rings. The molecule has 4 rings (SSSR count). The molecule has 0 aliphatic carbocycles. The fraction of sp³-hybridized carbons (Fsp3) is 0.175. The summed E-state index contributed by atoms with van der Waals surface area (Å²) in [5.41, 5.74) is 3.49. The number of aliphatic imine (C=N–C) groups is 1. The number of rotatable bonds is 9. The summed E-state index contributed by atoms with van der Waals surface area (Å²) in [6, 6.07) is 24.7. The predicted octanol–water partition coefficient (Wildman–Crippen LogP) is 7.45. The third-order valence-corrected chi connectivity index (χ3v) is 8.08. The van der Waals surface area contributed by atoms with Gasteiger partial charge in [-0.2, -0.15) is 0 Å². The lowest BCUT2D eigenvalue weighted by Crippen LogP contribution is -2.36. The highest BCUT2D eigenvalue weighted by Gasteiger charge is 2.12. The van der Waals surface area contributed by atoms with Gasteiger partial charge in [-0.15, -0.1) is 0 Å². The standard InChI is InChI=1S/C14H18N4O4S2.C14H13N3O3S.C12H14N4O4S2/c1-3-21-13(19)17-11(23)15-9-7-5-6-8-10(9)16-12(24)18-14(20)22-4-2;1-19-14(18)17-13(21)16-12-7-3-2-6-11(12)15-9-10-5-4-8-20-10;1-19-11(17)15-9(21)13-7-5-3-4-6-8(7)14-10(22)16-12(18)20-2/h5-8H,3-4H2,1-2H3,(H2,15,17,19,23)(H2,16,18,20,24);2-9H,1H3,(H2,16,17,18,21);3-6H,1-2H3,(H2,13,15,17,21)(H2,14,16,18,22). The van der Waals surface area contributed by atoms with Gasteiger partial charge in [-0.3, -0.25) is 31.6 Å². The molecule has 22 nitrogen and oxygen atoms in total. The lowest BCUT2D eigenvalue weighted by molar-refractivity contribution is 0.157. The van der Waals surface area contributed by atoms with E-state index in [1.54, 1.807) is 93.1 Å². The van der Waals surface area contributed by atoms with Gasteiger partial charge >= 0.3 is 30.5 Å². The molecule has 67 heavy (non-hydrogen) atoms. The number of ether oxygens (including phenoxy) is 5. The Morgan fingerprint density at radius 3 is 1.10 bits per heavy atom. The average molecular weight is 1020 g/mol. The number of alkyl carbamates (subject to hydrolysis) is 5. The highest BCUT2D eigenvalue weighted by molar-refractivity contribution is 7.81. The molecular weight excluding hydrogens is 971 g/mol. The number of amides is 5. The van der Waals surface area contributed by atoms with Gasteiger partial charge < -0.3 is 54.7 Å². The number of benzene rings is 3. The molecule has 0 saturated carbocycles. The van der Waals surface area contributed by atoms with Gasteiger partial charge in [0.15, 0.2) is 25.6 Å². The number of para-hydroxylation sites is 6. The number of furan rings is 1. The van der Waals surface area contributed by atoms with Gasteiger partial charge in [0.05, 0.1) is 81.1 Å². The third-order valence-electron chi connectivity index (χ3n) is 7.06. The van der Waals surface area contributed by atoms with Crippen LogP contribution >= 0.6 is 61.1 Å². The van der Waals surface area contributed by atoms with Crippen LogP contribution in [0.4, 0.5) is 58.1 Å². The fourth-order valence-corrected chi connectivity index (χ4v) is 5.28. The van der Waals surface area contributed by atoms with E-state index < -0.39 is 30.5 Å². The van der Waals surface area contributed by atoms with E-state index in [2.05, 4.69) is 72.4 Å². The Morgan fingerprint density at radius 1 is 0.478 bits per heavy atom. The van der Waals surface area contributed by atoms with Crippen LogP contribution in [0.25, 0.3) is 0 Å². The highest BCUT2D eigenvalue weighted by atomic mass is 32.1. The van der Waals surface area contributed by atoms with Gasteiger partial charge in [0.25, 0.3) is 0 Å². The summed E-state index contributed by atoms with van der Waals surface area (Å²) in [6.45, 7) is 3.85. The Balaban J connectivity index is 0.000000346. The molecule has 1 heterocycles. The Morgan fingerprint density at radius 2 is 0.791 bits per heavy atom. The van der Waals surface area contributed by atoms with Crippen LogP contribution in [0.3, 0.4) is 0 Å². The second-order valence-corrected chi connectivity index (χ2v) is 13.7. The molecule has 0 aliphatic heterocycles. The summed E-state index contributed by atoms with van der Waals surface area (Å²) in [5.74, 6) is 0.639. The quantitative estimate of drug-likeness (QED) is 0.0443. The number of nitrogens with zero attached hydrogens (tertiary/aromatic N) is 1. The van der Waals surface area contributed by atoms with Gasteiger partial charge in [-0.1, -0.05) is 36.4 Å². The Kier molecular flexibility index (Phi) is 26.0. The summed E-state index contributed by atoms with van der Waals surface area (Å²) < 4.78 is 28.0. The number of hydrogen-bond donors (Lipinski definition) is 10. The summed E-state index contributed by atoms with van der Waals surface area (Å²) in [6.07, 6.45) is -0.154. The van der Waals surface area contributed by atoms with Gasteiger partial charge in [-0.05, 0) is 123 Å². The maximum absolute atomic E-state index is 11.3. The number of nitrogens with one attached hydrogen (secondary N) is 10. The molecule has 5 amide bonds. The van der Waals surface area contributed by atoms with E-state index in [1.807, 2.05) is 18.2 Å². The van der Waals surface area contributed by atoms with Crippen molar-refractivity contribution in [3.05, 3.63) is 97.0 Å². The Bertz CT molecular complexity index is 2290. The van der Waals surface area contributed by atoms with Crippen LogP contribution in [-0.4, -0.2) is 96.8 Å². The summed E-state index contributed by atoms with van der Waals surface area (Å²) in [7, 11) is 3.72. The van der Waals surface area contributed by atoms with Crippen molar-refractivity contribution in [2.45, 2.75) is 13.8 Å². The number of carbonyl (C=O) groups excluding carboxylic acids is 5. The molecule has 0 unspecified atom stereocenters. The zero-order valence-electron chi connectivity index (χ0n) is 36.1. The normalized spacial score (nSPS) is 9.63. The lowest BCUT2D eigenvalue weighted by atomic mass is 10.2. The van der Waals surface area contributed by atoms with Crippen LogP contribution in [0.2, 0.25) is 0 Å². The number of thiocarbonyl (C=S) groups is 5. The van der Waals surface area contributed by atoms with Crippen molar-refractivity contribution in [3.63, 3.8) is 0 Å². The molecule has 0 bridgehead atoms. The molecule has 356 valence electrons. The van der Waals surface area contributed by atoms with Crippen molar-refractivity contribution in [2.75, 3.05) is 61.1 Å². The van der Waals surface area contributed by atoms with E-state index in [1.165, 1.54) is 21.3 Å². The van der Waals surface area contributed by atoms with E-state index in [4.69, 9.17) is 75.0 Å². The molecule has 0 radical (unpaired) electrons. The molecule has 4 aromatic rings. The van der Waals surface area contributed by atoms with Crippen LogP contribution < -0.4 is 53.2 Å². The summed E-state index contributed by atoms with van der Waals surface area (Å²) in [4.78, 5) is 60.2. The van der Waals surface area contributed by atoms with E-state index in [-0.39, 0.29) is 38.8 Å². The van der Waals surface area contributed by atoms with Gasteiger partial charge in [0, 0.05) is 0 Å². The third kappa shape index (κ3) is 23.3. The zero-order valence-corrected chi connectivity index (χ0v) is 40.2. The van der Waals surface area contributed by atoms with E-state index >= 15 is 0 Å². The van der Waals surface area contributed by atoms with E-state index in [9.17, 15) is 24.0 Å². The Hall–Kier alpha value is -7.59. The second-order valence-electron chi connectivity index (χ2n) is 11.7. The average Bonchev–Trinajstić information content (AvgIpc) is 3.81. The fourth-order valence-electron chi connectivity index (χ4n) is 4.31. The van der Waals surface area contributed by atoms with E-state index in [0.717, 1.165) is 0 Å². The first-order valence-electron chi connectivity index (χ1n) is 18.9. The molecule has 27 heteroatoms. The van der Waals surface area contributed by atoms with Crippen LogP contribution in [0.1, 0.15) is 19.6 Å². The van der Waals surface area contributed by atoms with Crippen molar-refractivity contribution >= 4 is 157 Å². The van der Waals surface area contributed by atoms with Crippen molar-refractivity contribution in [1.29, 1.82) is 0 Å². The SMILES string of the molecule is CCOC(=O)NC(=S)Nc1ccccc1NC(=S)NC(=O)OCC.COC(=O)NC(=S)Nc1ccccc1N=Cc1ccco1.COC(=O)NC(=S)Nc1ccccc1NC(=S)NC(=O)OC. The van der Waals surface area contributed by atoms with Crippen molar-refractivity contribution in [2.24, 2.45) is 4.99 Å². The smallest absolute Gasteiger partial charge is 0.413 e. The minimum absolute atomic E-state index is 0.0490. The molecule has 10 N–H and O–H groups in total. The maximum Gasteiger partial charge on any atom is 0.413 e. The lowest BCUT2D eigenvalue weighted by Gasteiger charge is -2.15. The van der Waals surface area contributed by atoms with Gasteiger partial charge in [-0.25, -0.2) is 24.0 Å². The van der Waals surface area contributed by atoms with Gasteiger partial charge in [0.1, 0.15) is 5.76 Å². The molecule has 1 aromatic heterocycles. The highest BCUT2D eigenvalue weighted by Crippen LogP contribution is 2.25. The van der Waals surface area contributed by atoms with Crippen LogP contribution in [0.15, 0.2) is 101 Å². The zero-order chi connectivity index (χ0) is 49.6. The number of methoxy groups -OCH3 is 3. The minimum atomic E-state index is -0.689. The first-order valence-corrected chi connectivity index (χ1v) is 21.0. The molecule has 3 aromatic carbocycles. The molecular formula is C40H45N11O11S5. The number of carbonyl (C=O) groups is 5. The monoisotopic (exact) mass is 1020 g/mol. The largest absolute Gasteiger partial charge is 0.463 e. The van der Waals surface area contributed by atoms with Crippen LogP contribution in [0, 0.1) is 0 Å². The molecule has 0 aliphatic rings. The molecule has 0 spiro atoms. The van der Waals surface area contributed by atoms with Crippen molar-refractivity contribution in [1.82, 2.24) is 26.6 Å². The molecule has 0 atom stereocenters. The van der Waals surface area contributed by atoms with Crippen LogP contribution in [0.5, 0.6) is 0 Å². The summed E-state index contributed by atoms with van der Waals surface area (Å²) >= 11 is 25.0. The van der Waals surface area contributed by atoms with Crippen molar-refractivity contribution in [3.8, 4) is 0 Å². The van der Waals surface area contributed by atoms with Gasteiger partial charge in [0.2, 0.25) is 0 Å². The number of hydrogen-bond acceptors (Lipinski definition) is 17. The second kappa shape index (κ2) is 31.3.